The number of carbonyl (C=O) groups excluding carboxylic acids is 1. The van der Waals surface area contributed by atoms with E-state index in [4.69, 9.17) is 0 Å². The molecule has 4 heteroatoms. The molecule has 1 aliphatic heterocycles. The Kier molecular flexibility index (Phi) is 3.57. The van der Waals surface area contributed by atoms with Gasteiger partial charge in [0, 0.05) is 23.7 Å². The summed E-state index contributed by atoms with van der Waals surface area (Å²) in [6, 6.07) is 4.42. The first-order chi connectivity index (χ1) is 9.69. The zero-order valence-corrected chi connectivity index (χ0v) is 12.1. The summed E-state index contributed by atoms with van der Waals surface area (Å²) >= 11 is 0. The molecular weight excluding hydrogens is 250 g/mol. The zero-order valence-electron chi connectivity index (χ0n) is 12.1. The van der Waals surface area contributed by atoms with Gasteiger partial charge in [0.1, 0.15) is 5.82 Å². The van der Waals surface area contributed by atoms with Gasteiger partial charge in [-0.2, -0.15) is 0 Å². The Hall–Kier alpha value is -1.68. The van der Waals surface area contributed by atoms with Gasteiger partial charge in [0.25, 0.3) is 0 Å². The fourth-order valence-electron chi connectivity index (χ4n) is 3.07. The fraction of sp³-hybridized carbons (Fsp3) is 0.500. The van der Waals surface area contributed by atoms with Gasteiger partial charge in [0.2, 0.25) is 0 Å². The van der Waals surface area contributed by atoms with Gasteiger partial charge >= 0.3 is 0 Å². The molecule has 0 N–H and O–H groups in total. The lowest BCUT2D eigenvalue weighted by Gasteiger charge is -2.34. The molecule has 0 aliphatic carbocycles. The van der Waals surface area contributed by atoms with Crippen LogP contribution in [0.5, 0.6) is 0 Å². The van der Waals surface area contributed by atoms with Crippen LogP contribution in [0.25, 0.3) is 5.52 Å². The highest BCUT2D eigenvalue weighted by Gasteiger charge is 2.24. The molecule has 4 nitrogen and oxygen atoms in total. The van der Waals surface area contributed by atoms with Crippen LogP contribution in [0.1, 0.15) is 48.8 Å². The lowest BCUT2D eigenvalue weighted by atomic mass is 9.95. The number of rotatable bonds is 3. The molecule has 2 aromatic heterocycles. The van der Waals surface area contributed by atoms with Crippen LogP contribution in [0.15, 0.2) is 24.5 Å². The number of likely N-dealkylation sites (tertiary alicyclic amines) is 1. The minimum absolute atomic E-state index is 0.495. The number of aldehydes is 1. The summed E-state index contributed by atoms with van der Waals surface area (Å²) in [4.78, 5) is 18.0. The topological polar surface area (TPSA) is 37.6 Å². The van der Waals surface area contributed by atoms with Crippen LogP contribution in [-0.2, 0) is 0 Å². The monoisotopic (exact) mass is 271 g/mol. The van der Waals surface area contributed by atoms with Crippen LogP contribution in [0.2, 0.25) is 0 Å². The molecule has 2 aromatic rings. The van der Waals surface area contributed by atoms with E-state index in [0.717, 1.165) is 43.6 Å². The molecule has 0 amide bonds. The van der Waals surface area contributed by atoms with Crippen molar-refractivity contribution in [2.24, 2.45) is 0 Å². The average molecular weight is 271 g/mol. The normalized spacial score (nSPS) is 17.9. The third-order valence-corrected chi connectivity index (χ3v) is 4.34. The number of pyridine rings is 1. The number of hydrogen-bond acceptors (Lipinski definition) is 3. The van der Waals surface area contributed by atoms with Crippen LogP contribution < -0.4 is 0 Å². The maximum atomic E-state index is 10.9. The molecule has 0 saturated carbocycles. The van der Waals surface area contributed by atoms with Crippen LogP contribution in [0.4, 0.5) is 0 Å². The molecule has 3 rings (SSSR count). The van der Waals surface area contributed by atoms with E-state index in [-0.39, 0.29) is 0 Å². The molecule has 106 valence electrons. The summed E-state index contributed by atoms with van der Waals surface area (Å²) in [7, 11) is 0. The molecule has 1 fully saturated rings. The standard InChI is InChI=1S/C16H21N3O/c1-12(2)18-7-5-14(6-8-18)16-17-9-15-4-3-13(11-20)10-19(15)16/h3-4,9-12,14H,5-8H2,1-2H3. The van der Waals surface area contributed by atoms with E-state index < -0.39 is 0 Å². The number of aromatic nitrogens is 2. The third-order valence-electron chi connectivity index (χ3n) is 4.34. The van der Waals surface area contributed by atoms with E-state index in [1.165, 1.54) is 0 Å². The molecule has 1 aliphatic rings. The van der Waals surface area contributed by atoms with E-state index in [1.54, 1.807) is 0 Å². The molecule has 0 spiro atoms. The number of piperidine rings is 1. The van der Waals surface area contributed by atoms with E-state index in [2.05, 4.69) is 28.1 Å². The van der Waals surface area contributed by atoms with Gasteiger partial charge < -0.3 is 9.30 Å². The Bertz CT molecular complexity index is 609. The Morgan fingerprint density at radius 2 is 2.05 bits per heavy atom. The summed E-state index contributed by atoms with van der Waals surface area (Å²) in [5.74, 6) is 1.60. The minimum atomic E-state index is 0.495. The van der Waals surface area contributed by atoms with Gasteiger partial charge in [-0.1, -0.05) is 0 Å². The van der Waals surface area contributed by atoms with Crippen molar-refractivity contribution in [3.8, 4) is 0 Å². The van der Waals surface area contributed by atoms with Crippen molar-refractivity contribution in [2.75, 3.05) is 13.1 Å². The second-order valence-electron chi connectivity index (χ2n) is 5.90. The maximum Gasteiger partial charge on any atom is 0.151 e. The largest absolute Gasteiger partial charge is 0.303 e. The predicted octanol–water partition coefficient (Wildman–Crippen LogP) is 2.73. The van der Waals surface area contributed by atoms with Crippen LogP contribution >= 0.6 is 0 Å². The predicted molar refractivity (Wildman–Crippen MR) is 79.3 cm³/mol. The molecule has 0 radical (unpaired) electrons. The van der Waals surface area contributed by atoms with Gasteiger partial charge in [-0.05, 0) is 51.9 Å². The molecule has 0 atom stereocenters. The summed E-state index contributed by atoms with van der Waals surface area (Å²) < 4.78 is 2.08. The zero-order chi connectivity index (χ0) is 14.1. The van der Waals surface area contributed by atoms with Crippen LogP contribution in [0.3, 0.4) is 0 Å². The van der Waals surface area contributed by atoms with Crippen LogP contribution in [-0.4, -0.2) is 39.7 Å². The Balaban J connectivity index is 1.86. The first-order valence-electron chi connectivity index (χ1n) is 7.35. The molecular formula is C16H21N3O. The summed E-state index contributed by atoms with van der Waals surface area (Å²) in [6.07, 6.45) is 6.98. The van der Waals surface area contributed by atoms with E-state index in [9.17, 15) is 4.79 Å². The van der Waals surface area contributed by atoms with Crippen LogP contribution in [0, 0.1) is 0 Å². The van der Waals surface area contributed by atoms with Gasteiger partial charge in [-0.25, -0.2) is 4.98 Å². The number of imidazole rings is 1. The second kappa shape index (κ2) is 5.37. The fourth-order valence-corrected chi connectivity index (χ4v) is 3.07. The summed E-state index contributed by atoms with van der Waals surface area (Å²) in [6.45, 7) is 6.76. The lowest BCUT2D eigenvalue weighted by molar-refractivity contribution is 0.112. The summed E-state index contributed by atoms with van der Waals surface area (Å²) in [5, 5.41) is 0. The summed E-state index contributed by atoms with van der Waals surface area (Å²) in [5.41, 5.74) is 1.77. The van der Waals surface area contributed by atoms with Gasteiger partial charge in [-0.3, -0.25) is 4.79 Å². The quantitative estimate of drug-likeness (QED) is 0.806. The lowest BCUT2D eigenvalue weighted by Crippen LogP contribution is -2.38. The first-order valence-corrected chi connectivity index (χ1v) is 7.35. The van der Waals surface area contributed by atoms with Gasteiger partial charge in [0.15, 0.2) is 6.29 Å². The molecule has 1 saturated heterocycles. The van der Waals surface area contributed by atoms with Gasteiger partial charge in [0.05, 0.1) is 11.7 Å². The van der Waals surface area contributed by atoms with Crippen molar-refractivity contribution < 1.29 is 4.79 Å². The Labute approximate surface area is 119 Å². The number of fused-ring (bicyclic) bond motifs is 1. The highest BCUT2D eigenvalue weighted by atomic mass is 16.1. The Morgan fingerprint density at radius 3 is 2.70 bits per heavy atom. The van der Waals surface area contributed by atoms with Crippen molar-refractivity contribution in [3.05, 3.63) is 35.9 Å². The molecule has 20 heavy (non-hydrogen) atoms. The van der Waals surface area contributed by atoms with Crippen molar-refractivity contribution in [1.82, 2.24) is 14.3 Å². The van der Waals surface area contributed by atoms with Crippen molar-refractivity contribution in [2.45, 2.75) is 38.6 Å². The Morgan fingerprint density at radius 1 is 1.30 bits per heavy atom. The van der Waals surface area contributed by atoms with E-state index in [1.807, 2.05) is 24.5 Å². The molecule has 0 bridgehead atoms. The SMILES string of the molecule is CC(C)N1CCC(c2ncc3ccc(C=O)cn23)CC1. The average Bonchev–Trinajstić information content (AvgIpc) is 2.90. The first kappa shape index (κ1) is 13.3. The third kappa shape index (κ3) is 2.36. The van der Waals surface area contributed by atoms with Crippen molar-refractivity contribution in [1.29, 1.82) is 0 Å². The van der Waals surface area contributed by atoms with E-state index >= 15 is 0 Å². The number of hydrogen-bond donors (Lipinski definition) is 0. The maximum absolute atomic E-state index is 10.9. The number of nitrogens with zero attached hydrogens (tertiary/aromatic N) is 3. The molecule has 0 aromatic carbocycles. The highest BCUT2D eigenvalue weighted by molar-refractivity contribution is 5.75. The molecule has 3 heterocycles. The second-order valence-corrected chi connectivity index (χ2v) is 5.90. The van der Waals surface area contributed by atoms with Gasteiger partial charge in [-0.15, -0.1) is 0 Å². The van der Waals surface area contributed by atoms with Crippen molar-refractivity contribution in [3.63, 3.8) is 0 Å². The number of carbonyl (C=O) groups is 1. The van der Waals surface area contributed by atoms with E-state index in [0.29, 0.717) is 17.5 Å². The molecule has 0 unspecified atom stereocenters. The van der Waals surface area contributed by atoms with Crippen molar-refractivity contribution >= 4 is 11.8 Å². The minimum Gasteiger partial charge on any atom is -0.303 e. The smallest absolute Gasteiger partial charge is 0.151 e. The highest BCUT2D eigenvalue weighted by Crippen LogP contribution is 2.28.